The Morgan fingerprint density at radius 2 is 2.00 bits per heavy atom. The van der Waals surface area contributed by atoms with Gasteiger partial charge < -0.3 is 5.32 Å². The van der Waals surface area contributed by atoms with Crippen molar-refractivity contribution in [2.75, 3.05) is 0 Å². The summed E-state index contributed by atoms with van der Waals surface area (Å²) in [5.41, 5.74) is 1.02. The molecule has 4 nitrogen and oxygen atoms in total. The average molecular weight is 245 g/mol. The third-order valence-corrected chi connectivity index (χ3v) is 2.64. The maximum absolute atomic E-state index is 11.7. The van der Waals surface area contributed by atoms with Gasteiger partial charge in [-0.1, -0.05) is 0 Å². The Balaban J connectivity index is 1.93. The number of rotatable bonds is 2. The SMILES string of the molecule is N#Cc1ccc(C(=O)NC(=S)NC2CC2)cc1. The third kappa shape index (κ3) is 3.26. The number of nitrogens with one attached hydrogen (secondary N) is 2. The molecule has 2 N–H and O–H groups in total. The Bertz CT molecular complexity index is 485. The standard InChI is InChI=1S/C12H11N3OS/c13-7-8-1-3-9(4-2-8)11(16)15-12(17)14-10-5-6-10/h1-4,10H,5-6H2,(H2,14,15,16,17). The summed E-state index contributed by atoms with van der Waals surface area (Å²) in [7, 11) is 0. The summed E-state index contributed by atoms with van der Waals surface area (Å²) in [5, 5.41) is 14.6. The number of thiocarbonyl (C=S) groups is 1. The molecule has 1 aliphatic carbocycles. The fourth-order valence-electron chi connectivity index (χ4n) is 1.32. The topological polar surface area (TPSA) is 64.9 Å². The van der Waals surface area contributed by atoms with Crippen LogP contribution in [-0.2, 0) is 0 Å². The van der Waals surface area contributed by atoms with Crippen molar-refractivity contribution in [2.45, 2.75) is 18.9 Å². The van der Waals surface area contributed by atoms with E-state index in [0.717, 1.165) is 12.8 Å². The Morgan fingerprint density at radius 1 is 1.35 bits per heavy atom. The van der Waals surface area contributed by atoms with Crippen LogP contribution >= 0.6 is 12.2 Å². The number of hydrogen-bond donors (Lipinski definition) is 2. The Kier molecular flexibility index (Phi) is 3.35. The summed E-state index contributed by atoms with van der Waals surface area (Å²) in [6, 6.07) is 8.84. The molecule has 17 heavy (non-hydrogen) atoms. The van der Waals surface area contributed by atoms with Crippen LogP contribution in [0.15, 0.2) is 24.3 Å². The van der Waals surface area contributed by atoms with Crippen LogP contribution in [-0.4, -0.2) is 17.1 Å². The van der Waals surface area contributed by atoms with Gasteiger partial charge in [0, 0.05) is 11.6 Å². The zero-order valence-electron chi connectivity index (χ0n) is 9.06. The molecule has 5 heteroatoms. The zero-order valence-corrected chi connectivity index (χ0v) is 9.88. The fraction of sp³-hybridized carbons (Fsp3) is 0.250. The van der Waals surface area contributed by atoms with Gasteiger partial charge in [0.15, 0.2) is 5.11 Å². The molecule has 0 heterocycles. The number of nitrogens with zero attached hydrogens (tertiary/aromatic N) is 1. The molecule has 1 amide bonds. The van der Waals surface area contributed by atoms with E-state index in [1.165, 1.54) is 0 Å². The van der Waals surface area contributed by atoms with Crippen LogP contribution in [0.3, 0.4) is 0 Å². The molecule has 1 fully saturated rings. The van der Waals surface area contributed by atoms with Crippen LogP contribution in [0.25, 0.3) is 0 Å². The van der Waals surface area contributed by atoms with E-state index in [9.17, 15) is 4.79 Å². The van der Waals surface area contributed by atoms with E-state index in [-0.39, 0.29) is 5.91 Å². The minimum Gasteiger partial charge on any atom is -0.360 e. The number of benzene rings is 1. The Labute approximate surface area is 105 Å². The van der Waals surface area contributed by atoms with Gasteiger partial charge in [0.05, 0.1) is 11.6 Å². The first-order valence-corrected chi connectivity index (χ1v) is 5.72. The number of hydrogen-bond acceptors (Lipinski definition) is 3. The predicted molar refractivity (Wildman–Crippen MR) is 67.4 cm³/mol. The largest absolute Gasteiger partial charge is 0.360 e. The monoisotopic (exact) mass is 245 g/mol. The lowest BCUT2D eigenvalue weighted by atomic mass is 10.1. The van der Waals surface area contributed by atoms with Crippen LogP contribution in [0.4, 0.5) is 0 Å². The average Bonchev–Trinajstić information content (AvgIpc) is 3.12. The maximum atomic E-state index is 11.7. The normalized spacial score (nSPS) is 13.6. The lowest BCUT2D eigenvalue weighted by molar-refractivity contribution is 0.0976. The molecular weight excluding hydrogens is 234 g/mol. The van der Waals surface area contributed by atoms with Crippen molar-refractivity contribution in [3.63, 3.8) is 0 Å². The molecular formula is C12H11N3OS. The van der Waals surface area contributed by atoms with Gasteiger partial charge in [0.1, 0.15) is 0 Å². The van der Waals surface area contributed by atoms with Gasteiger partial charge in [-0.05, 0) is 49.3 Å². The highest BCUT2D eigenvalue weighted by Gasteiger charge is 2.22. The quantitative estimate of drug-likeness (QED) is 0.771. The van der Waals surface area contributed by atoms with Crippen molar-refractivity contribution in [3.8, 4) is 6.07 Å². The van der Waals surface area contributed by atoms with Gasteiger partial charge in [-0.15, -0.1) is 0 Å². The first-order chi connectivity index (χ1) is 8.19. The van der Waals surface area contributed by atoms with Crippen LogP contribution in [0.2, 0.25) is 0 Å². The summed E-state index contributed by atoms with van der Waals surface area (Å²) in [5.74, 6) is -0.257. The smallest absolute Gasteiger partial charge is 0.257 e. The number of carbonyl (C=O) groups excluding carboxylic acids is 1. The molecule has 0 aliphatic heterocycles. The molecule has 0 saturated heterocycles. The molecule has 1 aromatic carbocycles. The molecule has 0 bridgehead atoms. The molecule has 0 atom stereocenters. The molecule has 1 aliphatic rings. The molecule has 0 unspecified atom stereocenters. The molecule has 2 rings (SSSR count). The minimum atomic E-state index is -0.257. The Hall–Kier alpha value is -1.93. The van der Waals surface area contributed by atoms with Gasteiger partial charge in [-0.25, -0.2) is 0 Å². The number of amides is 1. The molecule has 1 saturated carbocycles. The van der Waals surface area contributed by atoms with Crippen LogP contribution < -0.4 is 10.6 Å². The first-order valence-electron chi connectivity index (χ1n) is 5.31. The fourth-order valence-corrected chi connectivity index (χ4v) is 1.58. The van der Waals surface area contributed by atoms with E-state index in [0.29, 0.717) is 22.3 Å². The van der Waals surface area contributed by atoms with Crippen molar-refractivity contribution in [1.29, 1.82) is 5.26 Å². The lowest BCUT2D eigenvalue weighted by Crippen LogP contribution is -2.40. The van der Waals surface area contributed by atoms with Gasteiger partial charge in [0.2, 0.25) is 0 Å². The number of carbonyl (C=O) groups is 1. The van der Waals surface area contributed by atoms with Gasteiger partial charge in [-0.2, -0.15) is 5.26 Å². The van der Waals surface area contributed by atoms with E-state index >= 15 is 0 Å². The van der Waals surface area contributed by atoms with Crippen molar-refractivity contribution in [2.24, 2.45) is 0 Å². The van der Waals surface area contributed by atoms with Crippen LogP contribution in [0.5, 0.6) is 0 Å². The Morgan fingerprint density at radius 3 is 2.53 bits per heavy atom. The van der Waals surface area contributed by atoms with E-state index in [1.54, 1.807) is 24.3 Å². The molecule has 86 valence electrons. The van der Waals surface area contributed by atoms with Gasteiger partial charge in [-0.3, -0.25) is 10.1 Å². The zero-order chi connectivity index (χ0) is 12.3. The molecule has 0 radical (unpaired) electrons. The van der Waals surface area contributed by atoms with Crippen LogP contribution in [0, 0.1) is 11.3 Å². The summed E-state index contributed by atoms with van der Waals surface area (Å²) in [6.45, 7) is 0. The van der Waals surface area contributed by atoms with Crippen LogP contribution in [0.1, 0.15) is 28.8 Å². The van der Waals surface area contributed by atoms with Crippen molar-refractivity contribution in [1.82, 2.24) is 10.6 Å². The van der Waals surface area contributed by atoms with Crippen molar-refractivity contribution >= 4 is 23.2 Å². The summed E-state index contributed by atoms with van der Waals surface area (Å²) in [4.78, 5) is 11.7. The second-order valence-electron chi connectivity index (χ2n) is 3.89. The molecule has 1 aromatic rings. The van der Waals surface area contributed by atoms with Gasteiger partial charge in [0.25, 0.3) is 5.91 Å². The molecule has 0 spiro atoms. The minimum absolute atomic E-state index is 0.257. The van der Waals surface area contributed by atoms with Crippen molar-refractivity contribution < 1.29 is 4.79 Å². The van der Waals surface area contributed by atoms with E-state index in [4.69, 9.17) is 17.5 Å². The lowest BCUT2D eigenvalue weighted by Gasteiger charge is -2.08. The highest BCUT2D eigenvalue weighted by molar-refractivity contribution is 7.80. The second kappa shape index (κ2) is 4.93. The predicted octanol–water partition coefficient (Wildman–Crippen LogP) is 1.32. The summed E-state index contributed by atoms with van der Waals surface area (Å²) < 4.78 is 0. The van der Waals surface area contributed by atoms with E-state index in [2.05, 4.69) is 10.6 Å². The van der Waals surface area contributed by atoms with E-state index in [1.807, 2.05) is 6.07 Å². The van der Waals surface area contributed by atoms with E-state index < -0.39 is 0 Å². The maximum Gasteiger partial charge on any atom is 0.257 e. The summed E-state index contributed by atoms with van der Waals surface area (Å²) in [6.07, 6.45) is 2.21. The highest BCUT2D eigenvalue weighted by atomic mass is 32.1. The number of nitriles is 1. The highest BCUT2D eigenvalue weighted by Crippen LogP contribution is 2.18. The second-order valence-corrected chi connectivity index (χ2v) is 4.30. The third-order valence-electron chi connectivity index (χ3n) is 2.42. The summed E-state index contributed by atoms with van der Waals surface area (Å²) >= 11 is 5.00. The first kappa shape index (κ1) is 11.6. The molecule has 0 aromatic heterocycles. The van der Waals surface area contributed by atoms with Gasteiger partial charge >= 0.3 is 0 Å². The van der Waals surface area contributed by atoms with Crippen molar-refractivity contribution in [3.05, 3.63) is 35.4 Å².